The van der Waals surface area contributed by atoms with Gasteiger partial charge >= 0.3 is 0 Å². The van der Waals surface area contributed by atoms with Crippen LogP contribution in [0.4, 0.5) is 0 Å². The minimum Gasteiger partial charge on any atom is -0.497 e. The van der Waals surface area contributed by atoms with Gasteiger partial charge in [0.1, 0.15) is 5.75 Å². The van der Waals surface area contributed by atoms with Gasteiger partial charge < -0.3 is 15.8 Å². The average Bonchev–Trinajstić information content (AvgIpc) is 3.01. The molecule has 0 radical (unpaired) electrons. The molecule has 4 nitrogen and oxygen atoms in total. The lowest BCUT2D eigenvalue weighted by Crippen LogP contribution is -2.35. The predicted octanol–water partition coefficient (Wildman–Crippen LogP) is 2.99. The second-order valence-corrected chi connectivity index (χ2v) is 6.23. The molecule has 1 fully saturated rings. The fourth-order valence-corrected chi connectivity index (χ4v) is 3.08. The number of methoxy groups -OCH3 is 1. The standard InChI is InChI=1S/C18H27N3O/c1-14(2)12-20-17(19)21-13-18(9-4-5-10-18)15-7-6-8-16(11-15)22-3/h6-8,11H,1,4-5,9-10,12-13H2,2-3H3,(H3,19,20,21). The number of hydrogen-bond acceptors (Lipinski definition) is 2. The van der Waals surface area contributed by atoms with Crippen LogP contribution in [0.3, 0.4) is 0 Å². The molecule has 4 heteroatoms. The van der Waals surface area contributed by atoms with Gasteiger partial charge in [-0.05, 0) is 37.5 Å². The highest BCUT2D eigenvalue weighted by molar-refractivity contribution is 5.78. The Hall–Kier alpha value is -1.97. The van der Waals surface area contributed by atoms with Crippen LogP contribution < -0.4 is 15.8 Å². The van der Waals surface area contributed by atoms with Crippen LogP contribution >= 0.6 is 0 Å². The molecule has 0 aliphatic heterocycles. The van der Waals surface area contributed by atoms with Crippen molar-refractivity contribution in [3.63, 3.8) is 0 Å². The molecule has 2 rings (SSSR count). The summed E-state index contributed by atoms with van der Waals surface area (Å²) in [6.07, 6.45) is 4.78. The smallest absolute Gasteiger partial charge is 0.188 e. The van der Waals surface area contributed by atoms with E-state index in [0.717, 1.165) is 30.7 Å². The number of hydrogen-bond donors (Lipinski definition) is 2. The number of nitrogens with two attached hydrogens (primary N) is 1. The third-order valence-electron chi connectivity index (χ3n) is 4.37. The predicted molar refractivity (Wildman–Crippen MR) is 92.4 cm³/mol. The van der Waals surface area contributed by atoms with Crippen LogP contribution in [0, 0.1) is 0 Å². The van der Waals surface area contributed by atoms with E-state index in [1.165, 1.54) is 18.4 Å². The number of aliphatic imine (C=N–C) groups is 1. The lowest BCUT2D eigenvalue weighted by Gasteiger charge is -2.28. The maximum Gasteiger partial charge on any atom is 0.188 e. The van der Waals surface area contributed by atoms with Crippen LogP contribution in [0.15, 0.2) is 41.4 Å². The van der Waals surface area contributed by atoms with Gasteiger partial charge in [-0.1, -0.05) is 37.1 Å². The molecule has 3 N–H and O–H groups in total. The van der Waals surface area contributed by atoms with Crippen molar-refractivity contribution in [2.24, 2.45) is 10.7 Å². The quantitative estimate of drug-likeness (QED) is 0.482. The summed E-state index contributed by atoms with van der Waals surface area (Å²) in [5, 5.41) is 3.10. The summed E-state index contributed by atoms with van der Waals surface area (Å²) in [4.78, 5) is 4.58. The molecular formula is C18H27N3O. The molecule has 0 unspecified atom stereocenters. The van der Waals surface area contributed by atoms with Gasteiger partial charge in [0.05, 0.1) is 13.7 Å². The first-order valence-corrected chi connectivity index (χ1v) is 7.88. The first-order valence-electron chi connectivity index (χ1n) is 7.88. The Labute approximate surface area is 133 Å². The highest BCUT2D eigenvalue weighted by atomic mass is 16.5. The van der Waals surface area contributed by atoms with Gasteiger partial charge in [0.25, 0.3) is 0 Å². The van der Waals surface area contributed by atoms with Crippen molar-refractivity contribution < 1.29 is 4.74 Å². The molecule has 1 aromatic carbocycles. The van der Waals surface area contributed by atoms with Crippen LogP contribution in [-0.2, 0) is 5.41 Å². The number of rotatable bonds is 6. The molecule has 1 saturated carbocycles. The minimum absolute atomic E-state index is 0.0874. The van der Waals surface area contributed by atoms with Crippen LogP contribution in [0.2, 0.25) is 0 Å². The lowest BCUT2D eigenvalue weighted by molar-refractivity contribution is 0.408. The van der Waals surface area contributed by atoms with Crippen molar-refractivity contribution >= 4 is 5.96 Å². The maximum absolute atomic E-state index is 5.97. The number of benzene rings is 1. The van der Waals surface area contributed by atoms with E-state index in [2.05, 4.69) is 35.1 Å². The van der Waals surface area contributed by atoms with Gasteiger partial charge in [0.2, 0.25) is 0 Å². The van der Waals surface area contributed by atoms with Gasteiger partial charge in [0.15, 0.2) is 5.96 Å². The Balaban J connectivity index is 2.14. The monoisotopic (exact) mass is 301 g/mol. The zero-order valence-electron chi connectivity index (χ0n) is 13.7. The molecular weight excluding hydrogens is 274 g/mol. The number of ether oxygens (including phenoxy) is 1. The minimum atomic E-state index is 0.0874. The second kappa shape index (κ2) is 7.34. The third kappa shape index (κ3) is 4.03. The third-order valence-corrected chi connectivity index (χ3v) is 4.37. The molecule has 0 heterocycles. The Morgan fingerprint density at radius 1 is 1.41 bits per heavy atom. The molecule has 0 spiro atoms. The molecule has 1 aliphatic rings. The van der Waals surface area contributed by atoms with Gasteiger partial charge in [0, 0.05) is 12.0 Å². The highest BCUT2D eigenvalue weighted by Crippen LogP contribution is 2.42. The van der Waals surface area contributed by atoms with Crippen molar-refractivity contribution in [3.05, 3.63) is 42.0 Å². The Morgan fingerprint density at radius 3 is 2.77 bits per heavy atom. The van der Waals surface area contributed by atoms with E-state index in [9.17, 15) is 0 Å². The zero-order chi connectivity index (χ0) is 16.0. The van der Waals surface area contributed by atoms with Crippen molar-refractivity contribution in [2.75, 3.05) is 20.2 Å². The molecule has 1 aromatic rings. The summed E-state index contributed by atoms with van der Waals surface area (Å²) in [6, 6.07) is 8.36. The van der Waals surface area contributed by atoms with Gasteiger partial charge in [-0.15, -0.1) is 0 Å². The van der Waals surface area contributed by atoms with Crippen molar-refractivity contribution in [2.45, 2.75) is 38.0 Å². The van der Waals surface area contributed by atoms with E-state index in [0.29, 0.717) is 12.5 Å². The van der Waals surface area contributed by atoms with E-state index in [-0.39, 0.29) is 5.41 Å². The molecule has 0 saturated heterocycles. The van der Waals surface area contributed by atoms with Crippen molar-refractivity contribution in [3.8, 4) is 5.75 Å². The van der Waals surface area contributed by atoms with E-state index in [1.54, 1.807) is 7.11 Å². The number of guanidine groups is 1. The highest BCUT2D eigenvalue weighted by Gasteiger charge is 2.35. The molecule has 1 aliphatic carbocycles. The summed E-state index contributed by atoms with van der Waals surface area (Å²) in [5.41, 5.74) is 8.40. The molecule has 0 atom stereocenters. The lowest BCUT2D eigenvalue weighted by atomic mass is 9.79. The normalized spacial score (nSPS) is 17.3. The first kappa shape index (κ1) is 16.4. The van der Waals surface area contributed by atoms with E-state index >= 15 is 0 Å². The fraction of sp³-hybridized carbons (Fsp3) is 0.500. The van der Waals surface area contributed by atoms with Crippen molar-refractivity contribution in [1.82, 2.24) is 5.32 Å². The topological polar surface area (TPSA) is 59.6 Å². The molecule has 0 aromatic heterocycles. The molecule has 0 amide bonds. The van der Waals surface area contributed by atoms with Crippen molar-refractivity contribution in [1.29, 1.82) is 0 Å². The maximum atomic E-state index is 5.97. The van der Waals surface area contributed by atoms with Crippen LogP contribution in [0.25, 0.3) is 0 Å². The second-order valence-electron chi connectivity index (χ2n) is 6.23. The van der Waals surface area contributed by atoms with E-state index in [4.69, 9.17) is 10.5 Å². The largest absolute Gasteiger partial charge is 0.497 e. The number of nitrogens with zero attached hydrogens (tertiary/aromatic N) is 1. The molecule has 120 valence electrons. The summed E-state index contributed by atoms with van der Waals surface area (Å²) < 4.78 is 5.37. The average molecular weight is 301 g/mol. The summed E-state index contributed by atoms with van der Waals surface area (Å²) >= 11 is 0. The SMILES string of the molecule is C=C(C)CNC(N)=NCC1(c2cccc(OC)c2)CCCC1. The number of nitrogens with one attached hydrogen (secondary N) is 1. The Morgan fingerprint density at radius 2 is 2.14 bits per heavy atom. The molecule has 0 bridgehead atoms. The first-order chi connectivity index (χ1) is 10.6. The summed E-state index contributed by atoms with van der Waals surface area (Å²) in [7, 11) is 1.71. The molecule has 22 heavy (non-hydrogen) atoms. The van der Waals surface area contributed by atoms with Crippen LogP contribution in [-0.4, -0.2) is 26.2 Å². The van der Waals surface area contributed by atoms with Gasteiger partial charge in [-0.25, -0.2) is 0 Å². The van der Waals surface area contributed by atoms with Crippen LogP contribution in [0.1, 0.15) is 38.2 Å². The summed E-state index contributed by atoms with van der Waals surface area (Å²) in [6.45, 7) is 7.21. The fourth-order valence-electron chi connectivity index (χ4n) is 3.08. The van der Waals surface area contributed by atoms with E-state index in [1.807, 2.05) is 13.0 Å². The Bertz CT molecular complexity index is 545. The Kier molecular flexibility index (Phi) is 5.47. The van der Waals surface area contributed by atoms with Gasteiger partial charge in [-0.2, -0.15) is 0 Å². The van der Waals surface area contributed by atoms with Gasteiger partial charge in [-0.3, -0.25) is 4.99 Å². The zero-order valence-corrected chi connectivity index (χ0v) is 13.7. The van der Waals surface area contributed by atoms with Crippen LogP contribution in [0.5, 0.6) is 5.75 Å². The van der Waals surface area contributed by atoms with E-state index < -0.39 is 0 Å². The summed E-state index contributed by atoms with van der Waals surface area (Å²) in [5.74, 6) is 1.40.